The maximum Gasteiger partial charge on any atom is 0.357 e. The van der Waals surface area contributed by atoms with Crippen LogP contribution >= 0.6 is 11.3 Å². The van der Waals surface area contributed by atoms with Crippen LogP contribution in [0.25, 0.3) is 10.6 Å². The van der Waals surface area contributed by atoms with Crippen molar-refractivity contribution in [3.8, 4) is 16.3 Å². The number of hydrogen-bond acceptors (Lipinski definition) is 7. The Kier molecular flexibility index (Phi) is 10.1. The van der Waals surface area contributed by atoms with Crippen molar-refractivity contribution in [2.75, 3.05) is 26.2 Å². The molecule has 3 atom stereocenters. The Bertz CT molecular complexity index is 1360. The second-order valence-electron chi connectivity index (χ2n) is 12.9. The molecule has 226 valence electrons. The van der Waals surface area contributed by atoms with Gasteiger partial charge in [0.1, 0.15) is 10.8 Å². The SMILES string of the molecule is C=CCN1C[C@H](C)N([C@H](c2ccc(-c3nc(C(=O)OCC)cs3)cc2)c2cccc(O[Si](C)(C)C(C)(C)C)c2)C[C@H]1C. The van der Waals surface area contributed by atoms with Crippen LogP contribution in [0.4, 0.5) is 0 Å². The molecule has 1 aliphatic heterocycles. The molecule has 0 unspecified atom stereocenters. The molecule has 0 bridgehead atoms. The second kappa shape index (κ2) is 13.2. The van der Waals surface area contributed by atoms with E-state index in [9.17, 15) is 4.79 Å². The number of carbonyl (C=O) groups excluding carboxylic acids is 1. The largest absolute Gasteiger partial charge is 0.543 e. The summed E-state index contributed by atoms with van der Waals surface area (Å²) >= 11 is 1.46. The first-order valence-electron chi connectivity index (χ1n) is 15.0. The quantitative estimate of drug-likeness (QED) is 0.132. The van der Waals surface area contributed by atoms with Gasteiger partial charge in [0.05, 0.1) is 12.6 Å². The summed E-state index contributed by atoms with van der Waals surface area (Å²) in [5.41, 5.74) is 3.80. The molecule has 4 rings (SSSR count). The molecular formula is C34H47N3O3SSi. The van der Waals surface area contributed by atoms with Gasteiger partial charge in [0, 0.05) is 42.7 Å². The van der Waals surface area contributed by atoms with Gasteiger partial charge in [-0.25, -0.2) is 9.78 Å². The van der Waals surface area contributed by atoms with Crippen molar-refractivity contribution in [1.29, 1.82) is 0 Å². The Morgan fingerprint density at radius 3 is 2.48 bits per heavy atom. The van der Waals surface area contributed by atoms with E-state index in [0.29, 0.717) is 24.4 Å². The van der Waals surface area contributed by atoms with E-state index < -0.39 is 8.32 Å². The fourth-order valence-electron chi connectivity index (χ4n) is 5.29. The van der Waals surface area contributed by atoms with Crippen LogP contribution in [0, 0.1) is 0 Å². The molecule has 3 aromatic rings. The van der Waals surface area contributed by atoms with Crippen LogP contribution in [-0.2, 0) is 4.74 Å². The average Bonchev–Trinajstić information content (AvgIpc) is 3.42. The van der Waals surface area contributed by atoms with Gasteiger partial charge in [0.15, 0.2) is 5.69 Å². The molecular weight excluding hydrogens is 559 g/mol. The van der Waals surface area contributed by atoms with Crippen molar-refractivity contribution >= 4 is 25.6 Å². The molecule has 0 amide bonds. The Balaban J connectivity index is 1.70. The van der Waals surface area contributed by atoms with E-state index in [-0.39, 0.29) is 17.0 Å². The van der Waals surface area contributed by atoms with Gasteiger partial charge in [-0.2, -0.15) is 0 Å². The lowest BCUT2D eigenvalue weighted by molar-refractivity contribution is 0.0306. The molecule has 1 fully saturated rings. The van der Waals surface area contributed by atoms with Crippen LogP contribution in [0.5, 0.6) is 5.75 Å². The third kappa shape index (κ3) is 7.22. The topological polar surface area (TPSA) is 54.9 Å². The Morgan fingerprint density at radius 1 is 1.12 bits per heavy atom. The predicted molar refractivity (Wildman–Crippen MR) is 177 cm³/mol. The minimum Gasteiger partial charge on any atom is -0.543 e. The van der Waals surface area contributed by atoms with E-state index in [4.69, 9.17) is 9.16 Å². The Morgan fingerprint density at radius 2 is 1.83 bits per heavy atom. The first kappa shape index (κ1) is 32.1. The van der Waals surface area contributed by atoms with Crippen LogP contribution < -0.4 is 4.43 Å². The van der Waals surface area contributed by atoms with E-state index in [1.165, 1.54) is 22.5 Å². The normalized spacial score (nSPS) is 19.3. The van der Waals surface area contributed by atoms with E-state index in [1.54, 1.807) is 12.3 Å². The van der Waals surface area contributed by atoms with Gasteiger partial charge >= 0.3 is 5.97 Å². The number of thiazole rings is 1. The lowest BCUT2D eigenvalue weighted by Crippen LogP contribution is -2.57. The Hall–Kier alpha value is -2.78. The van der Waals surface area contributed by atoms with Gasteiger partial charge in [-0.05, 0) is 62.2 Å². The number of hydrogen-bond donors (Lipinski definition) is 0. The monoisotopic (exact) mass is 605 g/mol. The number of piperazine rings is 1. The molecule has 1 aliphatic rings. The molecule has 0 N–H and O–H groups in total. The third-order valence-electron chi connectivity index (χ3n) is 8.67. The number of carbonyl (C=O) groups is 1. The predicted octanol–water partition coefficient (Wildman–Crippen LogP) is 8.04. The summed E-state index contributed by atoms with van der Waals surface area (Å²) in [5.74, 6) is 0.566. The van der Waals surface area contributed by atoms with E-state index >= 15 is 0 Å². The highest BCUT2D eigenvalue weighted by molar-refractivity contribution is 7.13. The smallest absolute Gasteiger partial charge is 0.357 e. The van der Waals surface area contributed by atoms with Crippen molar-refractivity contribution < 1.29 is 14.0 Å². The average molecular weight is 606 g/mol. The number of nitrogens with zero attached hydrogens (tertiary/aromatic N) is 3. The van der Waals surface area contributed by atoms with Crippen molar-refractivity contribution in [2.24, 2.45) is 0 Å². The summed E-state index contributed by atoms with van der Waals surface area (Å²) in [5, 5.41) is 2.70. The minimum atomic E-state index is -1.99. The molecule has 0 spiro atoms. The molecule has 6 nitrogen and oxygen atoms in total. The van der Waals surface area contributed by atoms with Crippen molar-refractivity contribution in [2.45, 2.75) is 77.8 Å². The summed E-state index contributed by atoms with van der Waals surface area (Å²) in [7, 11) is -1.99. The molecule has 8 heteroatoms. The lowest BCUT2D eigenvalue weighted by Gasteiger charge is -2.47. The highest BCUT2D eigenvalue weighted by Gasteiger charge is 2.39. The highest BCUT2D eigenvalue weighted by Crippen LogP contribution is 2.40. The summed E-state index contributed by atoms with van der Waals surface area (Å²) in [6.45, 7) is 25.0. The van der Waals surface area contributed by atoms with Crippen LogP contribution in [0.15, 0.2) is 66.6 Å². The number of benzene rings is 2. The maximum absolute atomic E-state index is 12.2. The number of esters is 1. The summed E-state index contributed by atoms with van der Waals surface area (Å²) in [6, 6.07) is 18.2. The molecule has 1 saturated heterocycles. The first-order valence-corrected chi connectivity index (χ1v) is 18.8. The van der Waals surface area contributed by atoms with Gasteiger partial charge in [-0.3, -0.25) is 9.80 Å². The fraction of sp³-hybridized carbons (Fsp3) is 0.471. The first-order chi connectivity index (χ1) is 19.8. The van der Waals surface area contributed by atoms with Crippen LogP contribution in [0.1, 0.15) is 69.2 Å². The molecule has 0 saturated carbocycles. The second-order valence-corrected chi connectivity index (χ2v) is 18.4. The number of ether oxygens (including phenoxy) is 1. The number of rotatable bonds is 10. The molecule has 2 heterocycles. The van der Waals surface area contributed by atoms with Gasteiger partial charge in [0.2, 0.25) is 8.32 Å². The molecule has 42 heavy (non-hydrogen) atoms. The van der Waals surface area contributed by atoms with E-state index in [1.807, 2.05) is 6.08 Å². The van der Waals surface area contributed by atoms with Gasteiger partial charge < -0.3 is 9.16 Å². The van der Waals surface area contributed by atoms with E-state index in [0.717, 1.165) is 36.0 Å². The number of aromatic nitrogens is 1. The van der Waals surface area contributed by atoms with Gasteiger partial charge in [-0.15, -0.1) is 17.9 Å². The lowest BCUT2D eigenvalue weighted by atomic mass is 9.93. The van der Waals surface area contributed by atoms with Crippen molar-refractivity contribution in [3.63, 3.8) is 0 Å². The van der Waals surface area contributed by atoms with Crippen LogP contribution in [-0.4, -0.2) is 67.4 Å². The van der Waals surface area contributed by atoms with Crippen molar-refractivity contribution in [1.82, 2.24) is 14.8 Å². The fourth-order valence-corrected chi connectivity index (χ4v) is 7.11. The highest BCUT2D eigenvalue weighted by atomic mass is 32.1. The zero-order valence-electron chi connectivity index (χ0n) is 26.5. The van der Waals surface area contributed by atoms with Crippen molar-refractivity contribution in [3.05, 3.63) is 83.4 Å². The third-order valence-corrected chi connectivity index (χ3v) is 13.9. The molecule has 2 aromatic carbocycles. The summed E-state index contributed by atoms with van der Waals surface area (Å²) in [4.78, 5) is 21.8. The van der Waals surface area contributed by atoms with Crippen LogP contribution in [0.2, 0.25) is 18.1 Å². The summed E-state index contributed by atoms with van der Waals surface area (Å²) in [6.07, 6.45) is 2.00. The molecule has 1 aromatic heterocycles. The zero-order chi connectivity index (χ0) is 30.7. The molecule has 0 aliphatic carbocycles. The minimum absolute atomic E-state index is 0.0664. The maximum atomic E-state index is 12.2. The van der Waals surface area contributed by atoms with Gasteiger partial charge in [0.25, 0.3) is 0 Å². The summed E-state index contributed by atoms with van der Waals surface area (Å²) < 4.78 is 11.9. The van der Waals surface area contributed by atoms with E-state index in [2.05, 4.69) is 118 Å². The standard InChI is InChI=1S/C34H47N3O3SSi/c1-10-19-36-21-25(4)37(22-24(36)3)31(28-13-12-14-29(20-28)40-42(8,9)34(5,6)7)26-15-17-27(18-16-26)32-35-30(23-41-32)33(38)39-11-2/h10,12-18,20,23-25,31H,1,11,19,21-22H2,2-9H3/t24-,25+,31-/m1/s1. The molecule has 0 radical (unpaired) electrons. The van der Waals surface area contributed by atoms with Crippen LogP contribution in [0.3, 0.4) is 0 Å². The van der Waals surface area contributed by atoms with Gasteiger partial charge in [-0.1, -0.05) is 63.2 Å². The Labute approximate surface area is 257 Å². The zero-order valence-corrected chi connectivity index (χ0v) is 28.3.